The molecule has 2 heterocycles. The van der Waals surface area contributed by atoms with Crippen molar-refractivity contribution in [3.8, 4) is 0 Å². The van der Waals surface area contributed by atoms with Gasteiger partial charge in [-0.15, -0.1) is 0 Å². The maximum absolute atomic E-state index is 11.9. The largest absolute Gasteiger partial charge is 0.361 e. The van der Waals surface area contributed by atoms with Crippen molar-refractivity contribution in [3.05, 3.63) is 30.1 Å². The number of nitrogens with two attached hydrogens (primary N) is 1. The molecule has 1 aliphatic heterocycles. The van der Waals surface area contributed by atoms with Gasteiger partial charge in [-0.2, -0.15) is 0 Å². The number of pyridine rings is 1. The van der Waals surface area contributed by atoms with Gasteiger partial charge in [0.15, 0.2) is 0 Å². The van der Waals surface area contributed by atoms with Crippen LogP contribution in [0.5, 0.6) is 0 Å². The summed E-state index contributed by atoms with van der Waals surface area (Å²) in [5, 5.41) is 0. The van der Waals surface area contributed by atoms with Gasteiger partial charge in [0.2, 0.25) is 0 Å². The minimum absolute atomic E-state index is 0.0656. The number of piperidine rings is 1. The number of carbonyl (C=O) groups excluding carboxylic acids is 2. The van der Waals surface area contributed by atoms with Gasteiger partial charge in [-0.3, -0.25) is 14.6 Å². The number of aromatic nitrogens is 1. The van der Waals surface area contributed by atoms with Crippen molar-refractivity contribution in [2.75, 3.05) is 6.54 Å². The van der Waals surface area contributed by atoms with Crippen LogP contribution in [0, 0.1) is 5.92 Å². The summed E-state index contributed by atoms with van der Waals surface area (Å²) in [6.07, 6.45) is 5.28. The number of carbonyl (C=O) groups is 2. The molecule has 2 atom stereocenters. The van der Waals surface area contributed by atoms with E-state index in [1.165, 1.54) is 0 Å². The first-order chi connectivity index (χ1) is 8.59. The second kappa shape index (κ2) is 5.16. The summed E-state index contributed by atoms with van der Waals surface area (Å²) in [7, 11) is 0. The minimum atomic E-state index is -0.886. The molecule has 1 aromatic heterocycles. The molecule has 0 saturated carbocycles. The highest BCUT2D eigenvalue weighted by molar-refractivity contribution is 6.34. The Bertz CT molecular complexity index is 447. The fourth-order valence-electron chi connectivity index (χ4n) is 2.45. The molecular formula is C13H17N3O2. The van der Waals surface area contributed by atoms with Crippen LogP contribution in [0.2, 0.25) is 0 Å². The Kier molecular flexibility index (Phi) is 3.60. The summed E-state index contributed by atoms with van der Waals surface area (Å²) in [4.78, 5) is 28.5. The van der Waals surface area contributed by atoms with Crippen molar-refractivity contribution in [1.82, 2.24) is 9.88 Å². The molecule has 5 heteroatoms. The predicted molar refractivity (Wildman–Crippen MR) is 66.3 cm³/mol. The van der Waals surface area contributed by atoms with Gasteiger partial charge in [-0.05, 0) is 36.5 Å². The molecule has 1 fully saturated rings. The number of hydrogen-bond acceptors (Lipinski definition) is 3. The average molecular weight is 247 g/mol. The van der Waals surface area contributed by atoms with Crippen LogP contribution in [0.1, 0.15) is 31.4 Å². The van der Waals surface area contributed by atoms with Gasteiger partial charge in [0.1, 0.15) is 0 Å². The Morgan fingerprint density at radius 3 is 2.61 bits per heavy atom. The highest BCUT2D eigenvalue weighted by atomic mass is 16.2. The summed E-state index contributed by atoms with van der Waals surface area (Å²) in [6, 6.07) is 3.69. The van der Waals surface area contributed by atoms with E-state index in [4.69, 9.17) is 5.73 Å². The summed E-state index contributed by atoms with van der Waals surface area (Å²) >= 11 is 0. The van der Waals surface area contributed by atoms with Crippen LogP contribution in [-0.2, 0) is 9.59 Å². The molecule has 96 valence electrons. The second-order valence-electron chi connectivity index (χ2n) is 4.80. The molecule has 0 radical (unpaired) electrons. The van der Waals surface area contributed by atoms with Crippen LogP contribution < -0.4 is 5.73 Å². The van der Waals surface area contributed by atoms with Crippen molar-refractivity contribution in [3.63, 3.8) is 0 Å². The van der Waals surface area contributed by atoms with E-state index in [-0.39, 0.29) is 6.04 Å². The van der Waals surface area contributed by atoms with E-state index < -0.39 is 11.8 Å². The van der Waals surface area contributed by atoms with Crippen molar-refractivity contribution in [2.45, 2.75) is 25.8 Å². The normalized spacial score (nSPS) is 23.7. The van der Waals surface area contributed by atoms with Crippen LogP contribution in [0.4, 0.5) is 0 Å². The van der Waals surface area contributed by atoms with E-state index in [1.807, 2.05) is 12.1 Å². The molecule has 1 aromatic rings. The van der Waals surface area contributed by atoms with Gasteiger partial charge in [0.05, 0.1) is 6.04 Å². The van der Waals surface area contributed by atoms with Crippen molar-refractivity contribution < 1.29 is 9.59 Å². The highest BCUT2D eigenvalue weighted by Crippen LogP contribution is 2.32. The standard InChI is InChI=1S/C13H17N3O2/c1-9-2-3-11(10-4-6-15-7-5-10)16(8-9)13(18)12(14)17/h4-7,9,11H,2-3,8H2,1H3,(H2,14,17)/t9-,11+/m0/s1. The minimum Gasteiger partial charge on any atom is -0.361 e. The first-order valence-corrected chi connectivity index (χ1v) is 6.10. The number of likely N-dealkylation sites (tertiary alicyclic amines) is 1. The lowest BCUT2D eigenvalue weighted by Gasteiger charge is -2.38. The Hall–Kier alpha value is -1.91. The monoisotopic (exact) mass is 247 g/mol. The second-order valence-corrected chi connectivity index (χ2v) is 4.80. The van der Waals surface area contributed by atoms with E-state index in [2.05, 4.69) is 11.9 Å². The fraction of sp³-hybridized carbons (Fsp3) is 0.462. The molecule has 5 nitrogen and oxygen atoms in total. The van der Waals surface area contributed by atoms with Crippen molar-refractivity contribution in [1.29, 1.82) is 0 Å². The van der Waals surface area contributed by atoms with Crippen LogP contribution >= 0.6 is 0 Å². The lowest BCUT2D eigenvalue weighted by atomic mass is 9.90. The number of primary amides is 1. The zero-order chi connectivity index (χ0) is 13.1. The van der Waals surface area contributed by atoms with Crippen LogP contribution in [0.15, 0.2) is 24.5 Å². The SMILES string of the molecule is C[C@H]1CC[C@H](c2ccncc2)N(C(=O)C(N)=O)C1. The predicted octanol–water partition coefficient (Wildman–Crippen LogP) is 0.866. The number of amides is 2. The summed E-state index contributed by atoms with van der Waals surface area (Å²) < 4.78 is 0. The smallest absolute Gasteiger partial charge is 0.312 e. The van der Waals surface area contributed by atoms with E-state index >= 15 is 0 Å². The Morgan fingerprint density at radius 1 is 1.33 bits per heavy atom. The molecule has 1 aliphatic rings. The van der Waals surface area contributed by atoms with Crippen molar-refractivity contribution >= 4 is 11.8 Å². The number of hydrogen-bond donors (Lipinski definition) is 1. The van der Waals surface area contributed by atoms with Crippen LogP contribution in [0.25, 0.3) is 0 Å². The fourth-order valence-corrected chi connectivity index (χ4v) is 2.45. The molecule has 0 unspecified atom stereocenters. The quantitative estimate of drug-likeness (QED) is 0.748. The highest BCUT2D eigenvalue weighted by Gasteiger charge is 2.32. The van der Waals surface area contributed by atoms with Crippen molar-refractivity contribution in [2.24, 2.45) is 11.7 Å². The summed E-state index contributed by atoms with van der Waals surface area (Å²) in [5.41, 5.74) is 6.12. The average Bonchev–Trinajstić information content (AvgIpc) is 2.38. The van der Waals surface area contributed by atoms with E-state index in [9.17, 15) is 9.59 Å². The first kappa shape index (κ1) is 12.5. The summed E-state index contributed by atoms with van der Waals surface area (Å²) in [5.74, 6) is -1.09. The van der Waals surface area contributed by atoms with Gasteiger partial charge in [-0.1, -0.05) is 6.92 Å². The van der Waals surface area contributed by atoms with Gasteiger partial charge in [0, 0.05) is 18.9 Å². The Balaban J connectivity index is 2.26. The van der Waals surface area contributed by atoms with E-state index in [0.717, 1.165) is 18.4 Å². The first-order valence-electron chi connectivity index (χ1n) is 6.10. The van der Waals surface area contributed by atoms with E-state index in [0.29, 0.717) is 12.5 Å². The molecular weight excluding hydrogens is 230 g/mol. The molecule has 1 saturated heterocycles. The molecule has 18 heavy (non-hydrogen) atoms. The van der Waals surface area contributed by atoms with Crippen LogP contribution in [-0.4, -0.2) is 28.2 Å². The maximum Gasteiger partial charge on any atom is 0.312 e. The molecule has 0 aromatic carbocycles. The molecule has 2 rings (SSSR count). The third-order valence-electron chi connectivity index (χ3n) is 3.38. The zero-order valence-corrected chi connectivity index (χ0v) is 10.4. The van der Waals surface area contributed by atoms with Gasteiger partial charge in [-0.25, -0.2) is 0 Å². The Morgan fingerprint density at radius 2 is 2.00 bits per heavy atom. The van der Waals surface area contributed by atoms with Gasteiger partial charge in [0.25, 0.3) is 0 Å². The molecule has 0 aliphatic carbocycles. The molecule has 0 bridgehead atoms. The Labute approximate surface area is 106 Å². The van der Waals surface area contributed by atoms with Gasteiger partial charge >= 0.3 is 11.8 Å². The number of rotatable bonds is 1. The van der Waals surface area contributed by atoms with Crippen LogP contribution in [0.3, 0.4) is 0 Å². The third-order valence-corrected chi connectivity index (χ3v) is 3.38. The topological polar surface area (TPSA) is 76.3 Å². The molecule has 2 N–H and O–H groups in total. The number of nitrogens with zero attached hydrogens (tertiary/aromatic N) is 2. The molecule has 2 amide bonds. The summed E-state index contributed by atoms with van der Waals surface area (Å²) in [6.45, 7) is 2.65. The van der Waals surface area contributed by atoms with E-state index in [1.54, 1.807) is 17.3 Å². The van der Waals surface area contributed by atoms with Gasteiger partial charge < -0.3 is 10.6 Å². The lowest BCUT2D eigenvalue weighted by molar-refractivity contribution is -0.147. The maximum atomic E-state index is 11.9. The zero-order valence-electron chi connectivity index (χ0n) is 10.4. The molecule has 0 spiro atoms. The lowest BCUT2D eigenvalue weighted by Crippen LogP contribution is -2.46. The third kappa shape index (κ3) is 2.50.